The molecule has 0 amide bonds. The first kappa shape index (κ1) is 16.6. The molecular weight excluding hydrogens is 388 g/mol. The van der Waals surface area contributed by atoms with Gasteiger partial charge in [-0.05, 0) is 56.3 Å². The molecule has 1 nitrogen and oxygen atoms in total. The number of fused-ring (bicyclic) bond motifs is 14. The number of benzene rings is 6. The molecular formula is C31H18O. The summed E-state index contributed by atoms with van der Waals surface area (Å²) in [6, 6.07) is 35.1. The van der Waals surface area contributed by atoms with Gasteiger partial charge in [0.15, 0.2) is 0 Å². The van der Waals surface area contributed by atoms with E-state index in [-0.39, 0.29) is 0 Å². The molecule has 0 bridgehead atoms. The van der Waals surface area contributed by atoms with Gasteiger partial charge in [0.25, 0.3) is 0 Å². The summed E-state index contributed by atoms with van der Waals surface area (Å²) < 4.78 is 6.69. The number of hydrogen-bond donors (Lipinski definition) is 0. The van der Waals surface area contributed by atoms with Crippen molar-refractivity contribution in [2.75, 3.05) is 0 Å². The minimum Gasteiger partial charge on any atom is -0.455 e. The lowest BCUT2D eigenvalue weighted by atomic mass is 9.91. The summed E-state index contributed by atoms with van der Waals surface area (Å²) in [6.45, 7) is 0. The Morgan fingerprint density at radius 2 is 1.12 bits per heavy atom. The highest BCUT2D eigenvalue weighted by atomic mass is 16.3. The zero-order valence-corrected chi connectivity index (χ0v) is 17.4. The van der Waals surface area contributed by atoms with Crippen molar-refractivity contribution in [3.8, 4) is 11.1 Å². The molecule has 7 aromatic rings. The maximum absolute atomic E-state index is 6.69. The zero-order valence-electron chi connectivity index (χ0n) is 17.4. The van der Waals surface area contributed by atoms with E-state index in [0.717, 1.165) is 17.6 Å². The van der Waals surface area contributed by atoms with Crippen molar-refractivity contribution in [1.82, 2.24) is 0 Å². The minimum absolute atomic E-state index is 0.943. The second-order valence-corrected chi connectivity index (χ2v) is 8.87. The van der Waals surface area contributed by atoms with Crippen LogP contribution in [0.15, 0.2) is 101 Å². The van der Waals surface area contributed by atoms with Crippen LogP contribution in [0.5, 0.6) is 0 Å². The topological polar surface area (TPSA) is 13.1 Å². The Balaban J connectivity index is 1.65. The Morgan fingerprint density at radius 3 is 1.97 bits per heavy atom. The molecule has 1 heteroatoms. The van der Waals surface area contributed by atoms with Gasteiger partial charge in [0.05, 0.1) is 0 Å². The van der Waals surface area contributed by atoms with Crippen molar-refractivity contribution in [1.29, 1.82) is 0 Å². The third-order valence-electron chi connectivity index (χ3n) is 7.26. The molecule has 0 fully saturated rings. The van der Waals surface area contributed by atoms with Crippen LogP contribution in [-0.4, -0.2) is 0 Å². The average Bonchev–Trinajstić information content (AvgIpc) is 3.43. The van der Waals surface area contributed by atoms with E-state index in [1.165, 1.54) is 65.3 Å². The van der Waals surface area contributed by atoms with Crippen LogP contribution in [0.4, 0.5) is 0 Å². The van der Waals surface area contributed by atoms with Crippen LogP contribution in [0.25, 0.3) is 65.4 Å². The molecule has 1 aliphatic rings. The van der Waals surface area contributed by atoms with Gasteiger partial charge in [-0.2, -0.15) is 0 Å². The number of rotatable bonds is 0. The van der Waals surface area contributed by atoms with Crippen molar-refractivity contribution >= 4 is 54.3 Å². The fourth-order valence-electron chi connectivity index (χ4n) is 5.91. The third-order valence-corrected chi connectivity index (χ3v) is 7.26. The average molecular weight is 406 g/mol. The lowest BCUT2D eigenvalue weighted by molar-refractivity contribution is 0.676. The molecule has 6 aromatic carbocycles. The zero-order chi connectivity index (χ0) is 20.8. The minimum atomic E-state index is 0.943. The summed E-state index contributed by atoms with van der Waals surface area (Å²) in [5.74, 6) is 0. The van der Waals surface area contributed by atoms with Crippen molar-refractivity contribution in [3.63, 3.8) is 0 Å². The Bertz CT molecular complexity index is 1900. The van der Waals surface area contributed by atoms with Gasteiger partial charge in [-0.25, -0.2) is 0 Å². The fourth-order valence-corrected chi connectivity index (χ4v) is 5.91. The van der Waals surface area contributed by atoms with E-state index < -0.39 is 0 Å². The summed E-state index contributed by atoms with van der Waals surface area (Å²) in [7, 11) is 0. The van der Waals surface area contributed by atoms with Gasteiger partial charge in [0.2, 0.25) is 0 Å². The summed E-state index contributed by atoms with van der Waals surface area (Å²) in [4.78, 5) is 0. The molecule has 148 valence electrons. The fraction of sp³-hybridized carbons (Fsp3) is 0.0323. The first-order valence-corrected chi connectivity index (χ1v) is 11.2. The van der Waals surface area contributed by atoms with Crippen LogP contribution in [0.2, 0.25) is 0 Å². The van der Waals surface area contributed by atoms with Gasteiger partial charge in [-0.3, -0.25) is 0 Å². The van der Waals surface area contributed by atoms with Crippen LogP contribution in [0.1, 0.15) is 11.1 Å². The molecule has 32 heavy (non-hydrogen) atoms. The predicted molar refractivity (Wildman–Crippen MR) is 134 cm³/mol. The molecule has 0 radical (unpaired) electrons. The number of hydrogen-bond acceptors (Lipinski definition) is 1. The van der Waals surface area contributed by atoms with Gasteiger partial charge in [0, 0.05) is 21.5 Å². The molecule has 0 unspecified atom stereocenters. The van der Waals surface area contributed by atoms with Gasteiger partial charge in [-0.1, -0.05) is 91.0 Å². The van der Waals surface area contributed by atoms with Crippen molar-refractivity contribution in [2.45, 2.75) is 6.42 Å². The summed E-state index contributed by atoms with van der Waals surface area (Å²) in [5, 5.41) is 10.0. The molecule has 0 saturated heterocycles. The third kappa shape index (κ3) is 1.94. The lowest BCUT2D eigenvalue weighted by Gasteiger charge is -2.11. The van der Waals surface area contributed by atoms with Crippen molar-refractivity contribution in [3.05, 3.63) is 108 Å². The Hall–Kier alpha value is -4.10. The summed E-state index contributed by atoms with van der Waals surface area (Å²) in [5.41, 5.74) is 7.60. The summed E-state index contributed by atoms with van der Waals surface area (Å²) in [6.07, 6.45) is 0.943. The van der Waals surface area contributed by atoms with Crippen LogP contribution < -0.4 is 0 Å². The standard InChI is InChI=1S/C31H18O/c1-3-9-21-18(7-1)13-14-20-17-26-28(27(20)21)23-11-5-6-12-24(23)31-29(26)25-16-15-19-8-2-4-10-22(19)30(25)32-31/h1-16H,17H2. The van der Waals surface area contributed by atoms with Gasteiger partial charge < -0.3 is 4.42 Å². The van der Waals surface area contributed by atoms with E-state index in [4.69, 9.17) is 4.42 Å². The molecule has 0 aliphatic heterocycles. The van der Waals surface area contributed by atoms with E-state index in [1.807, 2.05) is 0 Å². The molecule has 0 spiro atoms. The second kappa shape index (κ2) is 5.77. The number of furan rings is 1. The van der Waals surface area contributed by atoms with Crippen LogP contribution in [0, 0.1) is 0 Å². The van der Waals surface area contributed by atoms with Gasteiger partial charge >= 0.3 is 0 Å². The Morgan fingerprint density at radius 1 is 0.469 bits per heavy atom. The molecule has 0 saturated carbocycles. The predicted octanol–water partition coefficient (Wildman–Crippen LogP) is 8.62. The largest absolute Gasteiger partial charge is 0.455 e. The molecule has 8 rings (SSSR count). The van der Waals surface area contributed by atoms with E-state index in [0.29, 0.717) is 0 Å². The normalized spacial score (nSPS) is 12.9. The molecule has 1 heterocycles. The Labute approximate surface area is 184 Å². The van der Waals surface area contributed by atoms with Crippen molar-refractivity contribution in [2.24, 2.45) is 0 Å². The van der Waals surface area contributed by atoms with Crippen molar-refractivity contribution < 1.29 is 4.42 Å². The van der Waals surface area contributed by atoms with E-state index in [2.05, 4.69) is 97.1 Å². The van der Waals surface area contributed by atoms with E-state index >= 15 is 0 Å². The first-order chi connectivity index (χ1) is 15.9. The maximum Gasteiger partial charge on any atom is 0.143 e. The SMILES string of the molecule is c1ccc2c3c(ccc2c1)Cc1c-3c2ccccc2c2oc3c4ccccc4ccc3c12. The van der Waals surface area contributed by atoms with Gasteiger partial charge in [-0.15, -0.1) is 0 Å². The highest BCUT2D eigenvalue weighted by Gasteiger charge is 2.28. The highest BCUT2D eigenvalue weighted by molar-refractivity contribution is 6.26. The highest BCUT2D eigenvalue weighted by Crippen LogP contribution is 2.51. The van der Waals surface area contributed by atoms with E-state index in [1.54, 1.807) is 0 Å². The smallest absolute Gasteiger partial charge is 0.143 e. The van der Waals surface area contributed by atoms with E-state index in [9.17, 15) is 0 Å². The monoisotopic (exact) mass is 406 g/mol. The lowest BCUT2D eigenvalue weighted by Crippen LogP contribution is -1.86. The molecule has 0 N–H and O–H groups in total. The van der Waals surface area contributed by atoms with Crippen LogP contribution in [0.3, 0.4) is 0 Å². The summed E-state index contributed by atoms with van der Waals surface area (Å²) >= 11 is 0. The first-order valence-electron chi connectivity index (χ1n) is 11.2. The van der Waals surface area contributed by atoms with Gasteiger partial charge in [0.1, 0.15) is 11.2 Å². The molecule has 1 aromatic heterocycles. The maximum atomic E-state index is 6.69. The van der Waals surface area contributed by atoms with Crippen LogP contribution in [-0.2, 0) is 6.42 Å². The quantitative estimate of drug-likeness (QED) is 0.246. The second-order valence-electron chi connectivity index (χ2n) is 8.87. The molecule has 0 atom stereocenters. The van der Waals surface area contributed by atoms with Crippen LogP contribution >= 0.6 is 0 Å². The molecule has 1 aliphatic carbocycles. The Kier molecular flexibility index (Phi) is 2.99.